The van der Waals surface area contributed by atoms with Crippen LogP contribution in [-0.4, -0.2) is 13.1 Å². The molecule has 3 nitrogen and oxygen atoms in total. The SMILES string of the molecule is COC(=O)c1cc(F)ccc1NCc1cc(Br)c(C)s1. The number of hydrogen-bond acceptors (Lipinski definition) is 4. The van der Waals surface area contributed by atoms with Gasteiger partial charge in [0.1, 0.15) is 5.82 Å². The molecule has 6 heteroatoms. The average Bonchev–Trinajstić information content (AvgIpc) is 2.75. The number of rotatable bonds is 4. The highest BCUT2D eigenvalue weighted by Gasteiger charge is 2.13. The van der Waals surface area contributed by atoms with Gasteiger partial charge in [0, 0.05) is 26.5 Å². The van der Waals surface area contributed by atoms with Crippen molar-refractivity contribution in [2.45, 2.75) is 13.5 Å². The molecule has 0 fully saturated rings. The van der Waals surface area contributed by atoms with Crippen molar-refractivity contribution in [3.8, 4) is 0 Å². The smallest absolute Gasteiger partial charge is 0.340 e. The molecule has 1 heterocycles. The monoisotopic (exact) mass is 357 g/mol. The van der Waals surface area contributed by atoms with E-state index in [0.717, 1.165) is 9.35 Å². The van der Waals surface area contributed by atoms with E-state index in [-0.39, 0.29) is 5.56 Å². The van der Waals surface area contributed by atoms with E-state index >= 15 is 0 Å². The van der Waals surface area contributed by atoms with Crippen molar-refractivity contribution in [1.29, 1.82) is 0 Å². The molecule has 2 rings (SSSR count). The number of carbonyl (C=O) groups excluding carboxylic acids is 1. The third-order valence-corrected chi connectivity index (χ3v) is 4.88. The van der Waals surface area contributed by atoms with Gasteiger partial charge in [-0.05, 0) is 47.1 Å². The number of thiophene rings is 1. The van der Waals surface area contributed by atoms with Crippen LogP contribution in [0.15, 0.2) is 28.7 Å². The van der Waals surface area contributed by atoms with E-state index in [0.29, 0.717) is 12.2 Å². The Morgan fingerprint density at radius 1 is 1.45 bits per heavy atom. The molecule has 1 aromatic carbocycles. The predicted octanol–water partition coefficient (Wildman–Crippen LogP) is 4.36. The maximum absolute atomic E-state index is 13.2. The van der Waals surface area contributed by atoms with E-state index in [1.165, 1.54) is 30.2 Å². The molecule has 0 radical (unpaired) electrons. The van der Waals surface area contributed by atoms with Gasteiger partial charge in [0.15, 0.2) is 0 Å². The molecule has 1 N–H and O–H groups in total. The van der Waals surface area contributed by atoms with Crippen molar-refractivity contribution < 1.29 is 13.9 Å². The Balaban J connectivity index is 2.18. The van der Waals surface area contributed by atoms with Gasteiger partial charge in [0.05, 0.1) is 12.7 Å². The maximum atomic E-state index is 13.2. The molecule has 0 unspecified atom stereocenters. The Bertz CT molecular complexity index is 623. The number of methoxy groups -OCH3 is 1. The molecule has 106 valence electrons. The summed E-state index contributed by atoms with van der Waals surface area (Å²) in [6.07, 6.45) is 0. The molecule has 0 bridgehead atoms. The predicted molar refractivity (Wildman–Crippen MR) is 81.8 cm³/mol. The van der Waals surface area contributed by atoms with Crippen molar-refractivity contribution in [3.63, 3.8) is 0 Å². The molecule has 0 amide bonds. The van der Waals surface area contributed by atoms with Gasteiger partial charge in [-0.1, -0.05) is 0 Å². The van der Waals surface area contributed by atoms with Crippen molar-refractivity contribution >= 4 is 38.9 Å². The van der Waals surface area contributed by atoms with Gasteiger partial charge in [-0.15, -0.1) is 11.3 Å². The fourth-order valence-electron chi connectivity index (χ4n) is 1.74. The molecule has 0 aliphatic carbocycles. The second-order valence-corrected chi connectivity index (χ2v) is 6.35. The highest BCUT2D eigenvalue weighted by atomic mass is 79.9. The minimum Gasteiger partial charge on any atom is -0.465 e. The van der Waals surface area contributed by atoms with Crippen LogP contribution in [-0.2, 0) is 11.3 Å². The van der Waals surface area contributed by atoms with E-state index in [9.17, 15) is 9.18 Å². The van der Waals surface area contributed by atoms with Crippen LogP contribution in [0.5, 0.6) is 0 Å². The second kappa shape index (κ2) is 6.37. The number of ether oxygens (including phenoxy) is 1. The van der Waals surface area contributed by atoms with Gasteiger partial charge >= 0.3 is 5.97 Å². The van der Waals surface area contributed by atoms with Crippen LogP contribution in [0, 0.1) is 12.7 Å². The lowest BCUT2D eigenvalue weighted by molar-refractivity contribution is 0.0601. The lowest BCUT2D eigenvalue weighted by Crippen LogP contribution is -2.08. The summed E-state index contributed by atoms with van der Waals surface area (Å²) in [6.45, 7) is 2.59. The van der Waals surface area contributed by atoms with Crippen molar-refractivity contribution in [2.75, 3.05) is 12.4 Å². The first-order valence-electron chi connectivity index (χ1n) is 5.88. The standard InChI is InChI=1S/C14H13BrFNO2S/c1-8-12(15)6-10(20-8)7-17-13-4-3-9(16)5-11(13)14(18)19-2/h3-6,17H,7H2,1-2H3. The van der Waals surface area contributed by atoms with Gasteiger partial charge in [-0.2, -0.15) is 0 Å². The van der Waals surface area contributed by atoms with Crippen LogP contribution in [0.4, 0.5) is 10.1 Å². The van der Waals surface area contributed by atoms with Crippen molar-refractivity contribution in [1.82, 2.24) is 0 Å². The zero-order valence-electron chi connectivity index (χ0n) is 11.0. The topological polar surface area (TPSA) is 38.3 Å². The summed E-state index contributed by atoms with van der Waals surface area (Å²) in [7, 11) is 1.27. The summed E-state index contributed by atoms with van der Waals surface area (Å²) in [5, 5.41) is 3.13. The first-order chi connectivity index (χ1) is 9.51. The number of esters is 1. The molecular weight excluding hydrogens is 345 g/mol. The Morgan fingerprint density at radius 3 is 2.80 bits per heavy atom. The summed E-state index contributed by atoms with van der Waals surface area (Å²) in [5.41, 5.74) is 0.750. The molecule has 2 aromatic rings. The zero-order valence-corrected chi connectivity index (χ0v) is 13.4. The summed E-state index contributed by atoms with van der Waals surface area (Å²) in [6, 6.07) is 6.04. The maximum Gasteiger partial charge on any atom is 0.340 e. The fourth-order valence-corrected chi connectivity index (χ4v) is 3.28. The van der Waals surface area contributed by atoms with Crippen LogP contribution < -0.4 is 5.32 Å². The van der Waals surface area contributed by atoms with Crippen LogP contribution in [0.2, 0.25) is 0 Å². The number of aryl methyl sites for hydroxylation is 1. The zero-order chi connectivity index (χ0) is 14.7. The summed E-state index contributed by atoms with van der Waals surface area (Å²) in [4.78, 5) is 13.9. The van der Waals surface area contributed by atoms with E-state index in [1.54, 1.807) is 11.3 Å². The average molecular weight is 358 g/mol. The number of halogens is 2. The number of nitrogens with one attached hydrogen (secondary N) is 1. The molecule has 1 aromatic heterocycles. The minimum absolute atomic E-state index is 0.194. The van der Waals surface area contributed by atoms with E-state index in [1.807, 2.05) is 13.0 Å². The van der Waals surface area contributed by atoms with Gasteiger partial charge in [-0.3, -0.25) is 0 Å². The van der Waals surface area contributed by atoms with Crippen LogP contribution in [0.1, 0.15) is 20.1 Å². The molecule has 0 spiro atoms. The Labute approximate surface area is 128 Å². The lowest BCUT2D eigenvalue weighted by atomic mass is 10.1. The third kappa shape index (κ3) is 3.37. The number of anilines is 1. The molecule has 0 aliphatic rings. The van der Waals surface area contributed by atoms with Crippen molar-refractivity contribution in [2.24, 2.45) is 0 Å². The molecule has 0 aliphatic heterocycles. The Hall–Kier alpha value is -1.40. The normalized spacial score (nSPS) is 10.4. The van der Waals surface area contributed by atoms with Crippen molar-refractivity contribution in [3.05, 3.63) is 49.9 Å². The van der Waals surface area contributed by atoms with E-state index < -0.39 is 11.8 Å². The third-order valence-electron chi connectivity index (χ3n) is 2.75. The molecule has 0 saturated carbocycles. The molecule has 20 heavy (non-hydrogen) atoms. The minimum atomic E-state index is -0.560. The van der Waals surface area contributed by atoms with Crippen LogP contribution in [0.25, 0.3) is 0 Å². The second-order valence-electron chi connectivity index (χ2n) is 4.15. The number of benzene rings is 1. The van der Waals surface area contributed by atoms with Gasteiger partial charge in [0.25, 0.3) is 0 Å². The summed E-state index contributed by atoms with van der Waals surface area (Å²) >= 11 is 5.12. The highest BCUT2D eigenvalue weighted by molar-refractivity contribution is 9.10. The summed E-state index contributed by atoms with van der Waals surface area (Å²) in [5.74, 6) is -1.03. The van der Waals surface area contributed by atoms with E-state index in [4.69, 9.17) is 0 Å². The molecule has 0 atom stereocenters. The fraction of sp³-hybridized carbons (Fsp3) is 0.214. The Kier molecular flexibility index (Phi) is 4.77. The Morgan fingerprint density at radius 2 is 2.20 bits per heavy atom. The number of carbonyl (C=O) groups is 1. The summed E-state index contributed by atoms with van der Waals surface area (Å²) < 4.78 is 18.9. The lowest BCUT2D eigenvalue weighted by Gasteiger charge is -2.10. The van der Waals surface area contributed by atoms with Crippen LogP contribution in [0.3, 0.4) is 0 Å². The van der Waals surface area contributed by atoms with Gasteiger partial charge < -0.3 is 10.1 Å². The highest BCUT2D eigenvalue weighted by Crippen LogP contribution is 2.27. The molecule has 0 saturated heterocycles. The first-order valence-corrected chi connectivity index (χ1v) is 7.48. The number of hydrogen-bond donors (Lipinski definition) is 1. The van der Waals surface area contributed by atoms with Gasteiger partial charge in [0.2, 0.25) is 0 Å². The van der Waals surface area contributed by atoms with Gasteiger partial charge in [-0.25, -0.2) is 9.18 Å². The first kappa shape index (κ1) is 15.0. The molecular formula is C14H13BrFNO2S. The van der Waals surface area contributed by atoms with Crippen LogP contribution >= 0.6 is 27.3 Å². The largest absolute Gasteiger partial charge is 0.465 e. The van der Waals surface area contributed by atoms with E-state index in [2.05, 4.69) is 26.0 Å². The quantitative estimate of drug-likeness (QED) is 0.826.